The lowest BCUT2D eigenvalue weighted by Gasteiger charge is -2.19. The van der Waals surface area contributed by atoms with Gasteiger partial charge in [0.25, 0.3) is 0 Å². The standard InChI is InChI=1S/C15H17N3O/c1-2-16-13(15-17-8-4-9-18-15)12-6-3-5-11-7-10-19-14(11)12/h3-6,8-9,13,16H,2,7,10H2,1H3. The Balaban J connectivity index is 2.04. The average Bonchev–Trinajstić information content (AvgIpc) is 2.94. The van der Waals surface area contributed by atoms with Crippen LogP contribution in [0.2, 0.25) is 0 Å². The smallest absolute Gasteiger partial charge is 0.149 e. The van der Waals surface area contributed by atoms with E-state index < -0.39 is 0 Å². The number of ether oxygens (including phenoxy) is 1. The third-order valence-electron chi connectivity index (χ3n) is 3.31. The van der Waals surface area contributed by atoms with Gasteiger partial charge in [-0.1, -0.05) is 25.1 Å². The zero-order valence-corrected chi connectivity index (χ0v) is 11.0. The second kappa shape index (κ2) is 5.36. The van der Waals surface area contributed by atoms with E-state index >= 15 is 0 Å². The molecule has 2 heterocycles. The first-order chi connectivity index (χ1) is 9.40. The predicted octanol–water partition coefficient (Wildman–Crippen LogP) is 2.11. The van der Waals surface area contributed by atoms with Crippen molar-refractivity contribution in [1.29, 1.82) is 0 Å². The van der Waals surface area contributed by atoms with E-state index in [4.69, 9.17) is 4.74 Å². The minimum Gasteiger partial charge on any atom is -0.493 e. The highest BCUT2D eigenvalue weighted by Gasteiger charge is 2.24. The van der Waals surface area contributed by atoms with E-state index in [2.05, 4.69) is 40.4 Å². The Hall–Kier alpha value is -1.94. The number of hydrogen-bond donors (Lipinski definition) is 1. The topological polar surface area (TPSA) is 47.0 Å². The summed E-state index contributed by atoms with van der Waals surface area (Å²) in [6, 6.07) is 8.11. The van der Waals surface area contributed by atoms with E-state index in [0.29, 0.717) is 0 Å². The van der Waals surface area contributed by atoms with Crippen LogP contribution in [-0.2, 0) is 6.42 Å². The van der Waals surface area contributed by atoms with E-state index in [-0.39, 0.29) is 6.04 Å². The summed E-state index contributed by atoms with van der Waals surface area (Å²) in [6.07, 6.45) is 4.53. The van der Waals surface area contributed by atoms with Gasteiger partial charge in [0.15, 0.2) is 0 Å². The fraction of sp³-hybridized carbons (Fsp3) is 0.333. The van der Waals surface area contributed by atoms with Crippen molar-refractivity contribution in [3.05, 3.63) is 53.6 Å². The van der Waals surface area contributed by atoms with E-state index in [1.807, 2.05) is 6.07 Å². The molecule has 0 saturated heterocycles. The van der Waals surface area contributed by atoms with Crippen LogP contribution in [0.1, 0.15) is 29.9 Å². The Morgan fingerprint density at radius 2 is 2.11 bits per heavy atom. The SMILES string of the molecule is CCNC(c1ncccn1)c1cccc2c1OCC2. The van der Waals surface area contributed by atoms with Crippen molar-refractivity contribution >= 4 is 0 Å². The van der Waals surface area contributed by atoms with E-state index in [1.165, 1.54) is 5.56 Å². The number of rotatable bonds is 4. The van der Waals surface area contributed by atoms with Crippen molar-refractivity contribution in [1.82, 2.24) is 15.3 Å². The third kappa shape index (κ3) is 2.31. The largest absolute Gasteiger partial charge is 0.493 e. The minimum absolute atomic E-state index is 0.0146. The molecule has 0 amide bonds. The molecule has 1 aromatic carbocycles. The second-order valence-electron chi connectivity index (χ2n) is 4.53. The molecule has 1 atom stereocenters. The molecule has 1 aromatic heterocycles. The Morgan fingerprint density at radius 3 is 2.89 bits per heavy atom. The highest BCUT2D eigenvalue weighted by Crippen LogP contribution is 2.35. The second-order valence-corrected chi connectivity index (χ2v) is 4.53. The van der Waals surface area contributed by atoms with Gasteiger partial charge in [0.1, 0.15) is 11.6 Å². The fourth-order valence-electron chi connectivity index (χ4n) is 2.47. The number of benzene rings is 1. The molecular weight excluding hydrogens is 238 g/mol. The quantitative estimate of drug-likeness (QED) is 0.909. The molecule has 4 heteroatoms. The molecule has 3 rings (SSSR count). The molecular formula is C15H17N3O. The molecule has 98 valence electrons. The maximum absolute atomic E-state index is 5.78. The predicted molar refractivity (Wildman–Crippen MR) is 73.2 cm³/mol. The first kappa shape index (κ1) is 12.1. The maximum Gasteiger partial charge on any atom is 0.149 e. The van der Waals surface area contributed by atoms with Crippen LogP contribution >= 0.6 is 0 Å². The van der Waals surface area contributed by atoms with Gasteiger partial charge in [-0.3, -0.25) is 0 Å². The van der Waals surface area contributed by atoms with Gasteiger partial charge < -0.3 is 10.1 Å². The monoisotopic (exact) mass is 255 g/mol. The Kier molecular flexibility index (Phi) is 3.42. The number of fused-ring (bicyclic) bond motifs is 1. The lowest BCUT2D eigenvalue weighted by Crippen LogP contribution is -2.24. The summed E-state index contributed by atoms with van der Waals surface area (Å²) in [4.78, 5) is 8.74. The number of nitrogens with one attached hydrogen (secondary N) is 1. The van der Waals surface area contributed by atoms with Crippen molar-refractivity contribution < 1.29 is 4.74 Å². The Bertz CT molecular complexity index is 557. The number of aromatic nitrogens is 2. The maximum atomic E-state index is 5.78. The molecule has 0 bridgehead atoms. The highest BCUT2D eigenvalue weighted by atomic mass is 16.5. The van der Waals surface area contributed by atoms with E-state index in [1.54, 1.807) is 12.4 Å². The van der Waals surface area contributed by atoms with Gasteiger partial charge >= 0.3 is 0 Å². The zero-order valence-electron chi connectivity index (χ0n) is 11.0. The number of nitrogens with zero attached hydrogens (tertiary/aromatic N) is 2. The first-order valence-electron chi connectivity index (χ1n) is 6.65. The molecule has 4 nitrogen and oxygen atoms in total. The van der Waals surface area contributed by atoms with Gasteiger partial charge in [-0.25, -0.2) is 9.97 Å². The van der Waals surface area contributed by atoms with Gasteiger partial charge in [-0.05, 0) is 18.2 Å². The average molecular weight is 255 g/mol. The van der Waals surface area contributed by atoms with Crippen LogP contribution < -0.4 is 10.1 Å². The highest BCUT2D eigenvalue weighted by molar-refractivity contribution is 5.47. The van der Waals surface area contributed by atoms with Gasteiger partial charge in [0.2, 0.25) is 0 Å². The van der Waals surface area contributed by atoms with E-state index in [0.717, 1.165) is 36.7 Å². The molecule has 0 fully saturated rings. The molecule has 1 N–H and O–H groups in total. The van der Waals surface area contributed by atoms with Gasteiger partial charge in [0.05, 0.1) is 12.6 Å². The van der Waals surface area contributed by atoms with Crippen LogP contribution in [0.25, 0.3) is 0 Å². The zero-order chi connectivity index (χ0) is 13.1. The van der Waals surface area contributed by atoms with Crippen molar-refractivity contribution in [3.63, 3.8) is 0 Å². The molecule has 0 saturated carbocycles. The van der Waals surface area contributed by atoms with Crippen LogP contribution in [0.4, 0.5) is 0 Å². The molecule has 0 spiro atoms. The van der Waals surface area contributed by atoms with Crippen LogP contribution in [-0.4, -0.2) is 23.1 Å². The molecule has 19 heavy (non-hydrogen) atoms. The van der Waals surface area contributed by atoms with Crippen LogP contribution in [0.15, 0.2) is 36.7 Å². The third-order valence-corrected chi connectivity index (χ3v) is 3.31. The molecule has 2 aromatic rings. The molecule has 1 aliphatic heterocycles. The lowest BCUT2D eigenvalue weighted by atomic mass is 10.0. The lowest BCUT2D eigenvalue weighted by molar-refractivity contribution is 0.350. The Morgan fingerprint density at radius 1 is 1.26 bits per heavy atom. The summed E-state index contributed by atoms with van der Waals surface area (Å²) in [7, 11) is 0. The van der Waals surface area contributed by atoms with Crippen LogP contribution in [0.5, 0.6) is 5.75 Å². The fourth-order valence-corrected chi connectivity index (χ4v) is 2.47. The van der Waals surface area contributed by atoms with Crippen molar-refractivity contribution in [2.75, 3.05) is 13.2 Å². The molecule has 0 radical (unpaired) electrons. The summed E-state index contributed by atoms with van der Waals surface area (Å²) in [6.45, 7) is 3.70. The summed E-state index contributed by atoms with van der Waals surface area (Å²) >= 11 is 0. The molecule has 0 aliphatic carbocycles. The Labute approximate surface area is 112 Å². The van der Waals surface area contributed by atoms with Gasteiger partial charge in [-0.15, -0.1) is 0 Å². The van der Waals surface area contributed by atoms with Crippen LogP contribution in [0.3, 0.4) is 0 Å². The van der Waals surface area contributed by atoms with Crippen LogP contribution in [0, 0.1) is 0 Å². The van der Waals surface area contributed by atoms with Gasteiger partial charge in [0, 0.05) is 24.4 Å². The summed E-state index contributed by atoms with van der Waals surface area (Å²) < 4.78 is 5.78. The summed E-state index contributed by atoms with van der Waals surface area (Å²) in [5.74, 6) is 1.79. The molecule has 1 unspecified atom stereocenters. The summed E-state index contributed by atoms with van der Waals surface area (Å²) in [5.41, 5.74) is 2.40. The first-order valence-corrected chi connectivity index (χ1v) is 6.65. The normalized spacial score (nSPS) is 14.8. The number of hydrogen-bond acceptors (Lipinski definition) is 4. The minimum atomic E-state index is -0.0146. The van der Waals surface area contributed by atoms with E-state index in [9.17, 15) is 0 Å². The summed E-state index contributed by atoms with van der Waals surface area (Å²) in [5, 5.41) is 3.44. The van der Waals surface area contributed by atoms with Crippen molar-refractivity contribution in [2.45, 2.75) is 19.4 Å². The number of para-hydroxylation sites is 1. The van der Waals surface area contributed by atoms with Gasteiger partial charge in [-0.2, -0.15) is 0 Å². The van der Waals surface area contributed by atoms with Crippen molar-refractivity contribution in [2.24, 2.45) is 0 Å². The molecule has 1 aliphatic rings. The van der Waals surface area contributed by atoms with Crippen molar-refractivity contribution in [3.8, 4) is 5.75 Å².